The van der Waals surface area contributed by atoms with E-state index in [1.54, 1.807) is 12.1 Å². The second kappa shape index (κ2) is 12.9. The molecule has 248 valence electrons. The summed E-state index contributed by atoms with van der Waals surface area (Å²) in [5.41, 5.74) is 0.145. The van der Waals surface area contributed by atoms with Crippen molar-refractivity contribution in [3.05, 3.63) is 188 Å². The van der Waals surface area contributed by atoms with Gasteiger partial charge in [-0.3, -0.25) is 0 Å². The average Bonchev–Trinajstić information content (AvgIpc) is 3.77. The van der Waals surface area contributed by atoms with Gasteiger partial charge in [0.2, 0.25) is 0 Å². The van der Waals surface area contributed by atoms with E-state index < -0.39 is 120 Å². The van der Waals surface area contributed by atoms with Gasteiger partial charge in [-0.15, -0.1) is 0 Å². The SMILES string of the molecule is [2H]c1c(-c2nc(-c3ccc4cc(-c5ccccc5)ccc4c3)nc(-c3c([2H])c([2H])c([2H])c(-c4ccc5c(oc6c([2H])c([2H])c([2H])c([2H])c65)c4[2H])c3[2H])n2)cc(-c2c([2H])c([2H])c([2H])c([2H])c2[2H])c([2H])c1[2H]. The molecule has 0 unspecified atom stereocenters. The smallest absolute Gasteiger partial charge is 0.164 e. The molecule has 0 saturated heterocycles. The van der Waals surface area contributed by atoms with Crippen LogP contribution in [0.1, 0.15) is 23.3 Å². The van der Waals surface area contributed by atoms with Gasteiger partial charge in [0.1, 0.15) is 11.2 Å². The largest absolute Gasteiger partial charge is 0.456 e. The summed E-state index contributed by atoms with van der Waals surface area (Å²) in [7, 11) is 0. The molecule has 53 heavy (non-hydrogen) atoms. The van der Waals surface area contributed by atoms with Gasteiger partial charge in [0, 0.05) is 27.5 Å². The van der Waals surface area contributed by atoms with Crippen molar-refractivity contribution < 1.29 is 27.7 Å². The number of furan rings is 1. The number of benzene rings is 8. The lowest BCUT2D eigenvalue weighted by Crippen LogP contribution is -2.00. The standard InChI is InChI=1S/C49H31N3O/c1-3-11-32(12-4-1)34-15-9-17-40(28-34)47-50-48(41-18-10-16-35(29-41)39-25-26-44-43-19-7-8-20-45(43)53-46(44)31-39)52-49(51-47)42-24-23-37-27-36(21-22-38(37)30-42)33-13-5-2-6-14-33/h1-31H/i1D,3D,4D,7D,8D,9D,10D,11D,12D,15D,16D,17D,18D,19D,20D,29D,31D. The van der Waals surface area contributed by atoms with Crippen LogP contribution in [0.25, 0.3) is 100 Å². The molecule has 0 amide bonds. The van der Waals surface area contributed by atoms with Crippen molar-refractivity contribution >= 4 is 32.7 Å². The normalized spacial score (nSPS) is 15.9. The first-order valence-electron chi connectivity index (χ1n) is 24.9. The molecule has 4 nitrogen and oxygen atoms in total. The van der Waals surface area contributed by atoms with Crippen LogP contribution in [-0.2, 0) is 0 Å². The van der Waals surface area contributed by atoms with Crippen LogP contribution in [0.15, 0.2) is 192 Å². The summed E-state index contributed by atoms with van der Waals surface area (Å²) in [5, 5.41) is 1.79. The molecular formula is C49H31N3O. The molecule has 0 aliphatic heterocycles. The highest BCUT2D eigenvalue weighted by atomic mass is 16.3. The van der Waals surface area contributed by atoms with Gasteiger partial charge in [-0.25, -0.2) is 15.0 Å². The lowest BCUT2D eigenvalue weighted by atomic mass is 9.99. The van der Waals surface area contributed by atoms with Gasteiger partial charge in [0.05, 0.1) is 23.3 Å². The minimum Gasteiger partial charge on any atom is -0.456 e. The van der Waals surface area contributed by atoms with Gasteiger partial charge in [-0.1, -0.05) is 145 Å². The minimum atomic E-state index is -0.698. The van der Waals surface area contributed by atoms with Crippen molar-refractivity contribution in [2.75, 3.05) is 0 Å². The number of aromatic nitrogens is 3. The van der Waals surface area contributed by atoms with E-state index in [0.29, 0.717) is 5.56 Å². The molecular weight excluding hydrogens is 647 g/mol. The molecule has 10 aromatic rings. The van der Waals surface area contributed by atoms with E-state index >= 15 is 0 Å². The highest BCUT2D eigenvalue weighted by Crippen LogP contribution is 2.35. The number of fused-ring (bicyclic) bond motifs is 4. The number of rotatable bonds is 6. The van der Waals surface area contributed by atoms with Crippen LogP contribution in [-0.4, -0.2) is 15.0 Å². The molecule has 10 rings (SSSR count). The zero-order chi connectivity index (χ0) is 49.9. The van der Waals surface area contributed by atoms with Gasteiger partial charge in [0.15, 0.2) is 17.5 Å². The van der Waals surface area contributed by atoms with Crippen molar-refractivity contribution in [2.24, 2.45) is 0 Å². The van der Waals surface area contributed by atoms with Crippen LogP contribution < -0.4 is 0 Å². The lowest BCUT2D eigenvalue weighted by Gasteiger charge is -2.11. The fourth-order valence-electron chi connectivity index (χ4n) is 6.11. The van der Waals surface area contributed by atoms with E-state index in [0.717, 1.165) is 28.0 Å². The Labute approximate surface area is 330 Å². The van der Waals surface area contributed by atoms with Gasteiger partial charge < -0.3 is 4.42 Å². The minimum absolute atomic E-state index is 0.0231. The Morgan fingerprint density at radius 3 is 1.81 bits per heavy atom. The van der Waals surface area contributed by atoms with Crippen molar-refractivity contribution in [3.63, 3.8) is 0 Å². The Morgan fingerprint density at radius 1 is 0.358 bits per heavy atom. The molecule has 0 aliphatic rings. The fourth-order valence-corrected chi connectivity index (χ4v) is 6.11. The Kier molecular flexibility index (Phi) is 4.33. The Balaban J connectivity index is 1.23. The number of hydrogen-bond acceptors (Lipinski definition) is 4. The molecule has 0 fully saturated rings. The highest BCUT2D eigenvalue weighted by Gasteiger charge is 2.15. The number of nitrogens with zero attached hydrogens (tertiary/aromatic N) is 3. The Morgan fingerprint density at radius 2 is 0.981 bits per heavy atom. The maximum Gasteiger partial charge on any atom is 0.164 e. The summed E-state index contributed by atoms with van der Waals surface area (Å²) in [6.07, 6.45) is 0. The molecule has 0 spiro atoms. The van der Waals surface area contributed by atoms with Gasteiger partial charge in [-0.2, -0.15) is 0 Å². The van der Waals surface area contributed by atoms with E-state index in [-0.39, 0.29) is 55.8 Å². The predicted molar refractivity (Wildman–Crippen MR) is 217 cm³/mol. The maximum absolute atomic E-state index is 9.61. The highest BCUT2D eigenvalue weighted by molar-refractivity contribution is 6.06. The van der Waals surface area contributed by atoms with Gasteiger partial charge in [0.25, 0.3) is 0 Å². The van der Waals surface area contributed by atoms with E-state index in [4.69, 9.17) is 34.9 Å². The molecule has 4 heteroatoms. The molecule has 0 aliphatic carbocycles. The topological polar surface area (TPSA) is 51.8 Å². The first kappa shape index (κ1) is 17.9. The first-order chi connectivity index (χ1) is 33.3. The number of para-hydroxylation sites is 1. The monoisotopic (exact) mass is 694 g/mol. The third-order valence-corrected chi connectivity index (χ3v) is 8.69. The van der Waals surface area contributed by atoms with Crippen LogP contribution >= 0.6 is 0 Å². The quantitative estimate of drug-likeness (QED) is 0.174. The van der Waals surface area contributed by atoms with Crippen LogP contribution in [0.3, 0.4) is 0 Å². The summed E-state index contributed by atoms with van der Waals surface area (Å²) < 4.78 is 154. The molecule has 8 aromatic carbocycles. The molecule has 0 radical (unpaired) electrons. The third-order valence-electron chi connectivity index (χ3n) is 8.69. The maximum atomic E-state index is 9.61. The van der Waals surface area contributed by atoms with E-state index in [1.807, 2.05) is 54.6 Å². The van der Waals surface area contributed by atoms with Gasteiger partial charge >= 0.3 is 0 Å². The second-order valence-corrected chi connectivity index (χ2v) is 12.0. The summed E-state index contributed by atoms with van der Waals surface area (Å²) in [6, 6.07) is 14.7. The summed E-state index contributed by atoms with van der Waals surface area (Å²) in [4.78, 5) is 14.1. The summed E-state index contributed by atoms with van der Waals surface area (Å²) >= 11 is 0. The Hall–Kier alpha value is -7.17. The number of hydrogen-bond donors (Lipinski definition) is 0. The first-order valence-corrected chi connectivity index (χ1v) is 16.4. The molecule has 0 saturated carbocycles. The zero-order valence-electron chi connectivity index (χ0n) is 44.3. The van der Waals surface area contributed by atoms with Crippen molar-refractivity contribution in [1.82, 2.24) is 15.0 Å². The van der Waals surface area contributed by atoms with E-state index in [1.165, 1.54) is 12.1 Å². The lowest BCUT2D eigenvalue weighted by molar-refractivity contribution is 0.669. The average molecular weight is 695 g/mol. The molecule has 0 N–H and O–H groups in total. The molecule has 2 heterocycles. The van der Waals surface area contributed by atoms with Crippen LogP contribution in [0.2, 0.25) is 0 Å². The van der Waals surface area contributed by atoms with E-state index in [2.05, 4.69) is 4.98 Å². The van der Waals surface area contributed by atoms with Crippen molar-refractivity contribution in [3.8, 4) is 67.5 Å². The molecule has 2 aromatic heterocycles. The molecule has 0 atom stereocenters. The Bertz CT molecular complexity index is 3910. The van der Waals surface area contributed by atoms with Crippen molar-refractivity contribution in [1.29, 1.82) is 0 Å². The van der Waals surface area contributed by atoms with Crippen LogP contribution in [0.4, 0.5) is 0 Å². The van der Waals surface area contributed by atoms with Crippen LogP contribution in [0, 0.1) is 0 Å². The molecule has 0 bridgehead atoms. The van der Waals surface area contributed by atoms with Crippen molar-refractivity contribution in [2.45, 2.75) is 0 Å². The second-order valence-electron chi connectivity index (χ2n) is 12.0. The fraction of sp³-hybridized carbons (Fsp3) is 0. The van der Waals surface area contributed by atoms with E-state index in [9.17, 15) is 2.74 Å². The van der Waals surface area contributed by atoms with Gasteiger partial charge in [-0.05, 0) is 86.5 Å². The predicted octanol–water partition coefficient (Wildman–Crippen LogP) is 12.9. The summed E-state index contributed by atoms with van der Waals surface area (Å²) in [5.74, 6) is -0.835. The zero-order valence-corrected chi connectivity index (χ0v) is 27.3. The summed E-state index contributed by atoms with van der Waals surface area (Å²) in [6.45, 7) is 0. The third kappa shape index (κ3) is 5.82. The van der Waals surface area contributed by atoms with Crippen LogP contribution in [0.5, 0.6) is 0 Å².